The van der Waals surface area contributed by atoms with Crippen molar-refractivity contribution in [2.24, 2.45) is 0 Å². The number of carbonyl (C=O) groups is 1. The second-order valence-electron chi connectivity index (χ2n) is 6.41. The first-order valence-corrected chi connectivity index (χ1v) is 8.08. The summed E-state index contributed by atoms with van der Waals surface area (Å²) in [6.07, 6.45) is 4.61. The Hall–Kier alpha value is -0.650. The van der Waals surface area contributed by atoms with E-state index in [4.69, 9.17) is 4.74 Å². The lowest BCUT2D eigenvalue weighted by atomic mass is 10.2. The molecule has 0 aromatic heterocycles. The van der Waals surface area contributed by atoms with Gasteiger partial charge in [-0.15, -0.1) is 0 Å². The number of morpholine rings is 1. The quantitative estimate of drug-likeness (QED) is 0.795. The number of carbonyl (C=O) groups excluding carboxylic acids is 1. The average molecular weight is 281 g/mol. The van der Waals surface area contributed by atoms with E-state index >= 15 is 0 Å². The zero-order valence-electron chi connectivity index (χ0n) is 12.5. The topological polar surface area (TPSA) is 44.8 Å². The highest BCUT2D eigenvalue weighted by Gasteiger charge is 2.38. The first-order valence-electron chi connectivity index (χ1n) is 8.08. The Labute approximate surface area is 121 Å². The molecule has 2 atom stereocenters. The average Bonchev–Trinajstić information content (AvgIpc) is 3.24. The summed E-state index contributed by atoms with van der Waals surface area (Å²) in [6.45, 7) is 7.21. The standard InChI is InChI=1S/C15H27N3O2/c1-12-10-13(11-18(12)14-2-3-14)16-5-4-15(19)17-6-8-20-9-7-17/h12-14,16H,2-11H2,1H3. The van der Waals surface area contributed by atoms with Crippen molar-refractivity contribution in [2.45, 2.75) is 50.7 Å². The second-order valence-corrected chi connectivity index (χ2v) is 6.41. The summed E-state index contributed by atoms with van der Waals surface area (Å²) in [7, 11) is 0. The zero-order chi connectivity index (χ0) is 13.9. The third-order valence-electron chi connectivity index (χ3n) is 4.77. The number of nitrogens with one attached hydrogen (secondary N) is 1. The van der Waals surface area contributed by atoms with E-state index in [1.54, 1.807) is 0 Å². The normalized spacial score (nSPS) is 31.8. The van der Waals surface area contributed by atoms with Crippen molar-refractivity contribution in [1.82, 2.24) is 15.1 Å². The van der Waals surface area contributed by atoms with E-state index < -0.39 is 0 Å². The molecule has 1 saturated carbocycles. The maximum Gasteiger partial charge on any atom is 0.224 e. The lowest BCUT2D eigenvalue weighted by molar-refractivity contribution is -0.135. The van der Waals surface area contributed by atoms with Crippen LogP contribution in [-0.2, 0) is 9.53 Å². The van der Waals surface area contributed by atoms with E-state index in [2.05, 4.69) is 17.1 Å². The second kappa shape index (κ2) is 6.41. The molecule has 2 aliphatic heterocycles. The van der Waals surface area contributed by atoms with Crippen LogP contribution in [0.2, 0.25) is 0 Å². The molecular formula is C15H27N3O2. The van der Waals surface area contributed by atoms with Gasteiger partial charge in [-0.05, 0) is 26.2 Å². The van der Waals surface area contributed by atoms with Crippen molar-refractivity contribution >= 4 is 5.91 Å². The van der Waals surface area contributed by atoms with Crippen molar-refractivity contribution in [3.05, 3.63) is 0 Å². The maximum absolute atomic E-state index is 12.0. The molecular weight excluding hydrogens is 254 g/mol. The van der Waals surface area contributed by atoms with Crippen molar-refractivity contribution in [2.75, 3.05) is 39.4 Å². The van der Waals surface area contributed by atoms with Gasteiger partial charge in [-0.3, -0.25) is 9.69 Å². The summed E-state index contributed by atoms with van der Waals surface area (Å²) >= 11 is 0. The van der Waals surface area contributed by atoms with Crippen molar-refractivity contribution < 1.29 is 9.53 Å². The van der Waals surface area contributed by atoms with Crippen LogP contribution in [-0.4, -0.2) is 73.2 Å². The van der Waals surface area contributed by atoms with Crippen LogP contribution in [0.15, 0.2) is 0 Å². The van der Waals surface area contributed by atoms with Gasteiger partial charge < -0.3 is 15.0 Å². The van der Waals surface area contributed by atoms with Crippen LogP contribution < -0.4 is 5.32 Å². The molecule has 3 rings (SSSR count). The summed E-state index contributed by atoms with van der Waals surface area (Å²) in [5, 5.41) is 3.57. The minimum absolute atomic E-state index is 0.269. The minimum atomic E-state index is 0.269. The van der Waals surface area contributed by atoms with Crippen LogP contribution in [0.4, 0.5) is 0 Å². The summed E-state index contributed by atoms with van der Waals surface area (Å²) in [6, 6.07) is 2.13. The molecule has 5 heteroatoms. The van der Waals surface area contributed by atoms with Crippen LogP contribution in [0.1, 0.15) is 32.6 Å². The fourth-order valence-electron chi connectivity index (χ4n) is 3.47. The van der Waals surface area contributed by atoms with E-state index in [1.165, 1.54) is 19.3 Å². The highest BCUT2D eigenvalue weighted by atomic mass is 16.5. The number of amides is 1. The van der Waals surface area contributed by atoms with Crippen molar-refractivity contribution in [3.63, 3.8) is 0 Å². The molecule has 2 unspecified atom stereocenters. The van der Waals surface area contributed by atoms with Gasteiger partial charge in [0.2, 0.25) is 5.91 Å². The molecule has 1 amide bonds. The lowest BCUT2D eigenvalue weighted by Gasteiger charge is -2.27. The Kier molecular flexibility index (Phi) is 4.58. The molecule has 2 saturated heterocycles. The van der Waals surface area contributed by atoms with Gasteiger partial charge in [0.25, 0.3) is 0 Å². The summed E-state index contributed by atoms with van der Waals surface area (Å²) < 4.78 is 5.27. The highest BCUT2D eigenvalue weighted by Crippen LogP contribution is 2.33. The number of hydrogen-bond acceptors (Lipinski definition) is 4. The van der Waals surface area contributed by atoms with E-state index in [0.29, 0.717) is 31.7 Å². The third kappa shape index (κ3) is 3.51. The van der Waals surface area contributed by atoms with Crippen LogP contribution in [0.25, 0.3) is 0 Å². The van der Waals surface area contributed by atoms with Crippen LogP contribution in [0, 0.1) is 0 Å². The van der Waals surface area contributed by atoms with Gasteiger partial charge in [0.05, 0.1) is 13.2 Å². The molecule has 5 nitrogen and oxygen atoms in total. The lowest BCUT2D eigenvalue weighted by Crippen LogP contribution is -2.42. The third-order valence-corrected chi connectivity index (χ3v) is 4.77. The molecule has 3 aliphatic rings. The van der Waals surface area contributed by atoms with Crippen molar-refractivity contribution in [3.8, 4) is 0 Å². The highest BCUT2D eigenvalue weighted by molar-refractivity contribution is 5.76. The van der Waals surface area contributed by atoms with Crippen LogP contribution in [0.3, 0.4) is 0 Å². The monoisotopic (exact) mass is 281 g/mol. The van der Waals surface area contributed by atoms with E-state index in [-0.39, 0.29) is 5.91 Å². The van der Waals surface area contributed by atoms with Crippen LogP contribution >= 0.6 is 0 Å². The molecule has 0 bridgehead atoms. The fraction of sp³-hybridized carbons (Fsp3) is 0.933. The Morgan fingerprint density at radius 1 is 1.30 bits per heavy atom. The van der Waals surface area contributed by atoms with Gasteiger partial charge >= 0.3 is 0 Å². The number of likely N-dealkylation sites (tertiary alicyclic amines) is 1. The molecule has 0 aromatic carbocycles. The largest absolute Gasteiger partial charge is 0.378 e. The number of ether oxygens (including phenoxy) is 1. The Bertz CT molecular complexity index is 340. The molecule has 20 heavy (non-hydrogen) atoms. The molecule has 114 valence electrons. The number of rotatable bonds is 5. The molecule has 2 heterocycles. The molecule has 0 radical (unpaired) electrons. The first kappa shape index (κ1) is 14.3. The Morgan fingerprint density at radius 3 is 2.75 bits per heavy atom. The summed E-state index contributed by atoms with van der Waals surface area (Å²) in [5.41, 5.74) is 0. The molecule has 1 N–H and O–H groups in total. The predicted octanol–water partition coefficient (Wildman–Crippen LogP) is 0.450. The Morgan fingerprint density at radius 2 is 2.05 bits per heavy atom. The summed E-state index contributed by atoms with van der Waals surface area (Å²) in [5.74, 6) is 0.269. The number of nitrogens with zero attached hydrogens (tertiary/aromatic N) is 2. The first-order chi connectivity index (χ1) is 9.74. The predicted molar refractivity (Wildman–Crippen MR) is 77.6 cm³/mol. The van der Waals surface area contributed by atoms with Gasteiger partial charge in [-0.2, -0.15) is 0 Å². The van der Waals surface area contributed by atoms with Crippen LogP contribution in [0.5, 0.6) is 0 Å². The molecule has 0 spiro atoms. The van der Waals surface area contributed by atoms with Gasteiger partial charge in [0, 0.05) is 50.7 Å². The zero-order valence-corrected chi connectivity index (χ0v) is 12.5. The van der Waals surface area contributed by atoms with E-state index in [0.717, 1.165) is 32.2 Å². The van der Waals surface area contributed by atoms with Gasteiger partial charge in [0.15, 0.2) is 0 Å². The number of hydrogen-bond donors (Lipinski definition) is 1. The molecule has 1 aliphatic carbocycles. The Balaban J connectivity index is 1.34. The van der Waals surface area contributed by atoms with Gasteiger partial charge in [-0.1, -0.05) is 0 Å². The fourth-order valence-corrected chi connectivity index (χ4v) is 3.47. The van der Waals surface area contributed by atoms with E-state index in [9.17, 15) is 4.79 Å². The van der Waals surface area contributed by atoms with Gasteiger partial charge in [0.1, 0.15) is 0 Å². The van der Waals surface area contributed by atoms with Crippen molar-refractivity contribution in [1.29, 1.82) is 0 Å². The van der Waals surface area contributed by atoms with Gasteiger partial charge in [-0.25, -0.2) is 0 Å². The minimum Gasteiger partial charge on any atom is -0.378 e. The maximum atomic E-state index is 12.0. The summed E-state index contributed by atoms with van der Waals surface area (Å²) in [4.78, 5) is 16.6. The SMILES string of the molecule is CC1CC(NCCC(=O)N2CCOCC2)CN1C1CC1. The molecule has 3 fully saturated rings. The van der Waals surface area contributed by atoms with E-state index in [1.807, 2.05) is 4.90 Å². The molecule has 0 aromatic rings. The smallest absolute Gasteiger partial charge is 0.224 e.